The number of thiazole rings is 1. The fourth-order valence-electron chi connectivity index (χ4n) is 1.95. The van der Waals surface area contributed by atoms with Crippen molar-refractivity contribution in [1.82, 2.24) is 10.3 Å². The van der Waals surface area contributed by atoms with E-state index < -0.39 is 0 Å². The third-order valence-corrected chi connectivity index (χ3v) is 4.42. The highest BCUT2D eigenvalue weighted by Crippen LogP contribution is 2.26. The van der Waals surface area contributed by atoms with Crippen LogP contribution in [0.3, 0.4) is 0 Å². The highest BCUT2D eigenvalue weighted by Gasteiger charge is 2.19. The lowest BCUT2D eigenvalue weighted by atomic mass is 10.1. The van der Waals surface area contributed by atoms with Gasteiger partial charge in [-0.3, -0.25) is 4.79 Å². The summed E-state index contributed by atoms with van der Waals surface area (Å²) in [5.74, 6) is -0.145. The van der Waals surface area contributed by atoms with E-state index in [1.54, 1.807) is 22.2 Å². The average molecular weight is 300 g/mol. The Kier molecular flexibility index (Phi) is 3.90. The van der Waals surface area contributed by atoms with Crippen molar-refractivity contribution in [2.24, 2.45) is 0 Å². The van der Waals surface area contributed by atoms with Crippen LogP contribution in [-0.4, -0.2) is 10.9 Å². The fraction of sp³-hybridized carbons (Fsp3) is 0.0667. The molecule has 100 valence electrons. The van der Waals surface area contributed by atoms with Gasteiger partial charge in [0.1, 0.15) is 5.69 Å². The molecule has 1 N–H and O–H groups in total. The maximum absolute atomic E-state index is 12.2. The highest BCUT2D eigenvalue weighted by atomic mass is 32.1. The molecule has 0 fully saturated rings. The summed E-state index contributed by atoms with van der Waals surface area (Å²) in [6.07, 6.45) is 0. The molecular formula is C15H12N2OS2. The minimum absolute atomic E-state index is 0.134. The quantitative estimate of drug-likeness (QED) is 0.798. The Labute approximate surface area is 124 Å². The minimum Gasteiger partial charge on any atom is -0.339 e. The fourth-order valence-corrected chi connectivity index (χ4v) is 3.28. The van der Waals surface area contributed by atoms with Gasteiger partial charge in [-0.2, -0.15) is 0 Å². The number of thiophene rings is 1. The number of amides is 1. The molecule has 0 aliphatic carbocycles. The van der Waals surface area contributed by atoms with Gasteiger partial charge in [0, 0.05) is 10.3 Å². The number of hydrogen-bond acceptors (Lipinski definition) is 4. The van der Waals surface area contributed by atoms with E-state index >= 15 is 0 Å². The van der Waals surface area contributed by atoms with E-state index in [0.29, 0.717) is 5.69 Å². The van der Waals surface area contributed by atoms with E-state index in [-0.39, 0.29) is 11.9 Å². The third kappa shape index (κ3) is 2.79. The average Bonchev–Trinajstić information content (AvgIpc) is 3.18. The van der Waals surface area contributed by atoms with Crippen LogP contribution in [0.2, 0.25) is 0 Å². The van der Waals surface area contributed by atoms with Gasteiger partial charge < -0.3 is 5.32 Å². The molecule has 3 nitrogen and oxygen atoms in total. The first-order valence-corrected chi connectivity index (χ1v) is 7.94. The third-order valence-electron chi connectivity index (χ3n) is 2.90. The summed E-state index contributed by atoms with van der Waals surface area (Å²) in [6, 6.07) is 13.9. The van der Waals surface area contributed by atoms with E-state index in [1.165, 1.54) is 11.3 Å². The molecule has 0 bridgehead atoms. The summed E-state index contributed by atoms with van der Waals surface area (Å²) < 4.78 is 0. The zero-order chi connectivity index (χ0) is 13.8. The summed E-state index contributed by atoms with van der Waals surface area (Å²) in [4.78, 5) is 17.4. The maximum atomic E-state index is 12.2. The summed E-state index contributed by atoms with van der Waals surface area (Å²) in [6.45, 7) is 0. The van der Waals surface area contributed by atoms with Crippen molar-refractivity contribution in [3.63, 3.8) is 0 Å². The number of hydrogen-bond donors (Lipinski definition) is 1. The van der Waals surface area contributed by atoms with Crippen molar-refractivity contribution in [3.8, 4) is 0 Å². The molecular weight excluding hydrogens is 288 g/mol. The van der Waals surface area contributed by atoms with Crippen LogP contribution in [0.25, 0.3) is 0 Å². The van der Waals surface area contributed by atoms with Crippen LogP contribution in [0.15, 0.2) is 58.7 Å². The van der Waals surface area contributed by atoms with Gasteiger partial charge in [-0.25, -0.2) is 4.98 Å². The molecule has 2 heterocycles. The van der Waals surface area contributed by atoms with E-state index in [1.807, 2.05) is 47.8 Å². The van der Waals surface area contributed by atoms with E-state index in [2.05, 4.69) is 10.3 Å². The minimum atomic E-state index is -0.145. The second kappa shape index (κ2) is 5.98. The van der Waals surface area contributed by atoms with E-state index in [0.717, 1.165) is 10.4 Å². The molecule has 1 unspecified atom stereocenters. The van der Waals surface area contributed by atoms with Gasteiger partial charge >= 0.3 is 0 Å². The largest absolute Gasteiger partial charge is 0.339 e. The lowest BCUT2D eigenvalue weighted by molar-refractivity contribution is 0.0939. The summed E-state index contributed by atoms with van der Waals surface area (Å²) in [5.41, 5.74) is 3.20. The van der Waals surface area contributed by atoms with Gasteiger partial charge in [0.15, 0.2) is 0 Å². The molecule has 3 aromatic rings. The predicted molar refractivity (Wildman–Crippen MR) is 82.2 cm³/mol. The van der Waals surface area contributed by atoms with Crippen LogP contribution >= 0.6 is 22.7 Å². The lowest BCUT2D eigenvalue weighted by Gasteiger charge is -2.17. The summed E-state index contributed by atoms with van der Waals surface area (Å²) in [7, 11) is 0. The molecule has 3 rings (SSSR count). The molecule has 0 saturated heterocycles. The van der Waals surface area contributed by atoms with Crippen LogP contribution in [-0.2, 0) is 0 Å². The van der Waals surface area contributed by atoms with Gasteiger partial charge in [0.25, 0.3) is 5.91 Å². The number of aromatic nitrogens is 1. The van der Waals surface area contributed by atoms with Crippen LogP contribution in [0, 0.1) is 0 Å². The van der Waals surface area contributed by atoms with E-state index in [9.17, 15) is 4.79 Å². The van der Waals surface area contributed by atoms with E-state index in [4.69, 9.17) is 0 Å². The first kappa shape index (κ1) is 13.0. The standard InChI is InChI=1S/C15H12N2OS2/c18-15(12-9-19-10-16-12)17-14(13-7-4-8-20-13)11-5-2-1-3-6-11/h1-10,14H,(H,17,18). The molecule has 0 saturated carbocycles. The monoisotopic (exact) mass is 300 g/mol. The molecule has 1 amide bonds. The van der Waals surface area contributed by atoms with Crippen molar-refractivity contribution >= 4 is 28.6 Å². The lowest BCUT2D eigenvalue weighted by Crippen LogP contribution is -2.29. The normalized spacial score (nSPS) is 12.0. The van der Waals surface area contributed by atoms with Crippen molar-refractivity contribution in [2.75, 3.05) is 0 Å². The van der Waals surface area contributed by atoms with Crippen LogP contribution in [0.5, 0.6) is 0 Å². The highest BCUT2D eigenvalue weighted by molar-refractivity contribution is 7.10. The van der Waals surface area contributed by atoms with Gasteiger partial charge in [-0.15, -0.1) is 22.7 Å². The number of nitrogens with zero attached hydrogens (tertiary/aromatic N) is 1. The Morgan fingerprint density at radius 2 is 2.00 bits per heavy atom. The Bertz CT molecular complexity index is 663. The smallest absolute Gasteiger partial charge is 0.271 e. The zero-order valence-electron chi connectivity index (χ0n) is 10.5. The van der Waals surface area contributed by atoms with Crippen molar-refractivity contribution < 1.29 is 4.79 Å². The molecule has 0 spiro atoms. The number of nitrogens with one attached hydrogen (secondary N) is 1. The first-order valence-electron chi connectivity index (χ1n) is 6.12. The van der Waals surface area contributed by atoms with Crippen molar-refractivity contribution in [3.05, 3.63) is 74.9 Å². The Morgan fingerprint density at radius 3 is 2.65 bits per heavy atom. The molecule has 0 radical (unpaired) electrons. The van der Waals surface area contributed by atoms with Crippen molar-refractivity contribution in [2.45, 2.75) is 6.04 Å². The van der Waals surface area contributed by atoms with Gasteiger partial charge in [0.05, 0.1) is 11.6 Å². The predicted octanol–water partition coefficient (Wildman–Crippen LogP) is 3.72. The SMILES string of the molecule is O=C(NC(c1ccccc1)c1cccs1)c1cscn1. The molecule has 0 aliphatic rings. The Balaban J connectivity index is 1.89. The topological polar surface area (TPSA) is 42.0 Å². The summed E-state index contributed by atoms with van der Waals surface area (Å²) in [5, 5.41) is 6.82. The number of carbonyl (C=O) groups excluding carboxylic acids is 1. The summed E-state index contributed by atoms with van der Waals surface area (Å²) >= 11 is 3.05. The number of rotatable bonds is 4. The zero-order valence-corrected chi connectivity index (χ0v) is 12.2. The van der Waals surface area contributed by atoms with Crippen LogP contribution in [0.4, 0.5) is 0 Å². The maximum Gasteiger partial charge on any atom is 0.271 e. The molecule has 0 aliphatic heterocycles. The first-order chi connectivity index (χ1) is 9.84. The Morgan fingerprint density at radius 1 is 1.15 bits per heavy atom. The molecule has 2 aromatic heterocycles. The number of benzene rings is 1. The van der Waals surface area contributed by atoms with Gasteiger partial charge in [-0.1, -0.05) is 36.4 Å². The molecule has 1 atom stereocenters. The Hall–Kier alpha value is -1.98. The molecule has 20 heavy (non-hydrogen) atoms. The molecule has 1 aromatic carbocycles. The van der Waals surface area contributed by atoms with Crippen LogP contribution in [0.1, 0.15) is 27.0 Å². The number of carbonyl (C=O) groups is 1. The van der Waals surface area contributed by atoms with Gasteiger partial charge in [-0.05, 0) is 17.0 Å². The van der Waals surface area contributed by atoms with Crippen molar-refractivity contribution in [1.29, 1.82) is 0 Å². The van der Waals surface area contributed by atoms with Crippen LogP contribution < -0.4 is 5.32 Å². The van der Waals surface area contributed by atoms with Gasteiger partial charge in [0.2, 0.25) is 0 Å². The molecule has 5 heteroatoms. The second-order valence-electron chi connectivity index (χ2n) is 4.21. The second-order valence-corrected chi connectivity index (χ2v) is 5.90.